The average Bonchev–Trinajstić information content (AvgIpc) is 2.83. The predicted octanol–water partition coefficient (Wildman–Crippen LogP) is 0.307. The van der Waals surface area contributed by atoms with Crippen LogP contribution in [-0.2, 0) is 11.2 Å². The number of hydrogen-bond acceptors (Lipinski definition) is 10. The van der Waals surface area contributed by atoms with Gasteiger partial charge in [-0.3, -0.25) is 0 Å². The van der Waals surface area contributed by atoms with Gasteiger partial charge in [0.1, 0.15) is 35.9 Å². The van der Waals surface area contributed by atoms with Gasteiger partial charge in [-0.15, -0.1) is 0 Å². The van der Waals surface area contributed by atoms with Gasteiger partial charge in [0.2, 0.25) is 12.0 Å². The third-order valence-electron chi connectivity index (χ3n) is 6.04. The van der Waals surface area contributed by atoms with Crippen LogP contribution in [0.25, 0.3) is 0 Å². The maximum absolute atomic E-state index is 10.7. The van der Waals surface area contributed by atoms with Crippen molar-refractivity contribution in [2.75, 3.05) is 27.4 Å². The number of phenolic OH excluding ortho intramolecular Hbond substituents is 1. The number of phenols is 1. The first kappa shape index (κ1) is 23.4. The second kappa shape index (κ2) is 9.62. The first-order valence-corrected chi connectivity index (χ1v) is 10.5. The number of methoxy groups -OCH3 is 2. The van der Waals surface area contributed by atoms with Crippen LogP contribution >= 0.6 is 0 Å². The van der Waals surface area contributed by atoms with Crippen LogP contribution in [0.1, 0.15) is 17.0 Å². The molecule has 10 nitrogen and oxygen atoms in total. The summed E-state index contributed by atoms with van der Waals surface area (Å²) >= 11 is 0. The molecule has 0 unspecified atom stereocenters. The Morgan fingerprint density at radius 2 is 1.79 bits per heavy atom. The van der Waals surface area contributed by atoms with Crippen molar-refractivity contribution in [3.8, 4) is 28.7 Å². The molecule has 0 spiro atoms. The van der Waals surface area contributed by atoms with Gasteiger partial charge < -0.3 is 49.2 Å². The summed E-state index contributed by atoms with van der Waals surface area (Å²) in [5, 5.41) is 50.0. The summed E-state index contributed by atoms with van der Waals surface area (Å²) in [5.74, 6) is 1.50. The zero-order valence-electron chi connectivity index (χ0n) is 18.2. The van der Waals surface area contributed by atoms with Crippen molar-refractivity contribution in [3.63, 3.8) is 0 Å². The Labute approximate surface area is 190 Å². The van der Waals surface area contributed by atoms with Crippen molar-refractivity contribution in [1.29, 1.82) is 0 Å². The second-order valence-corrected chi connectivity index (χ2v) is 8.04. The summed E-state index contributed by atoms with van der Waals surface area (Å²) in [6, 6.07) is 8.63. The lowest BCUT2D eigenvalue weighted by Gasteiger charge is -2.39. The SMILES string of the molecule is COc1ccc([C@H]2COc3cc(O[C@H]4O[C@@H](CO)[C@H](O)[C@@H](O)[C@@H]4O)ccc3C2)c(O)c1OC. The lowest BCUT2D eigenvalue weighted by molar-refractivity contribution is -0.277. The number of ether oxygens (including phenoxy) is 5. The minimum Gasteiger partial charge on any atom is -0.504 e. The topological polar surface area (TPSA) is 147 Å². The fourth-order valence-corrected chi connectivity index (χ4v) is 4.18. The first-order chi connectivity index (χ1) is 15.9. The summed E-state index contributed by atoms with van der Waals surface area (Å²) in [6.45, 7) is -0.234. The van der Waals surface area contributed by atoms with E-state index in [1.54, 1.807) is 30.3 Å². The van der Waals surface area contributed by atoms with Crippen molar-refractivity contribution < 1.29 is 49.2 Å². The van der Waals surface area contributed by atoms with Crippen LogP contribution in [0, 0.1) is 0 Å². The van der Waals surface area contributed by atoms with Gasteiger partial charge in [0.15, 0.2) is 11.5 Å². The molecule has 0 saturated carbocycles. The largest absolute Gasteiger partial charge is 0.504 e. The van der Waals surface area contributed by atoms with Gasteiger partial charge in [0.05, 0.1) is 27.4 Å². The highest BCUT2D eigenvalue weighted by Crippen LogP contribution is 2.44. The van der Waals surface area contributed by atoms with Gasteiger partial charge in [-0.2, -0.15) is 0 Å². The molecule has 0 aliphatic carbocycles. The Morgan fingerprint density at radius 3 is 2.48 bits per heavy atom. The van der Waals surface area contributed by atoms with Crippen molar-refractivity contribution in [2.45, 2.75) is 43.0 Å². The zero-order valence-corrected chi connectivity index (χ0v) is 18.2. The molecule has 5 N–H and O–H groups in total. The van der Waals surface area contributed by atoms with Crippen LogP contribution in [0.2, 0.25) is 0 Å². The Balaban J connectivity index is 1.50. The summed E-state index contributed by atoms with van der Waals surface area (Å²) in [6.07, 6.45) is -6.22. The van der Waals surface area contributed by atoms with Crippen molar-refractivity contribution in [3.05, 3.63) is 41.5 Å². The van der Waals surface area contributed by atoms with Gasteiger partial charge in [-0.25, -0.2) is 0 Å². The summed E-state index contributed by atoms with van der Waals surface area (Å²) in [4.78, 5) is 0. The van der Waals surface area contributed by atoms with Crippen LogP contribution in [0.5, 0.6) is 28.7 Å². The van der Waals surface area contributed by atoms with Crippen LogP contribution in [-0.4, -0.2) is 83.7 Å². The molecule has 1 saturated heterocycles. The Morgan fingerprint density at radius 1 is 1.00 bits per heavy atom. The van der Waals surface area contributed by atoms with E-state index < -0.39 is 37.3 Å². The van der Waals surface area contributed by atoms with Gasteiger partial charge in [-0.05, 0) is 24.1 Å². The molecule has 2 aromatic rings. The van der Waals surface area contributed by atoms with Gasteiger partial charge in [0.25, 0.3) is 0 Å². The highest BCUT2D eigenvalue weighted by Gasteiger charge is 2.44. The Hall–Kier alpha value is -2.76. The van der Waals surface area contributed by atoms with Gasteiger partial charge >= 0.3 is 0 Å². The Kier molecular flexibility index (Phi) is 6.82. The molecule has 4 rings (SSSR count). The van der Waals surface area contributed by atoms with E-state index in [2.05, 4.69) is 0 Å². The van der Waals surface area contributed by atoms with E-state index in [0.29, 0.717) is 35.8 Å². The molecule has 33 heavy (non-hydrogen) atoms. The van der Waals surface area contributed by atoms with Crippen LogP contribution in [0.15, 0.2) is 30.3 Å². The molecular formula is C23H28O10. The standard InChI is InChI=1S/C23H28O10/c1-29-15-6-5-14(18(25)22(15)30-2)12-7-11-3-4-13(8-16(11)31-10-12)32-23-21(28)20(27)19(26)17(9-24)33-23/h3-6,8,12,17,19-21,23-28H,7,9-10H2,1-2H3/t12-,17+,19+,20-,21+,23+/m1/s1. The molecule has 0 amide bonds. The molecule has 2 heterocycles. The van der Waals surface area contributed by atoms with E-state index in [-0.39, 0.29) is 17.4 Å². The molecule has 2 aromatic carbocycles. The van der Waals surface area contributed by atoms with E-state index in [1.807, 2.05) is 0 Å². The van der Waals surface area contributed by atoms with Crippen LogP contribution in [0.3, 0.4) is 0 Å². The third-order valence-corrected chi connectivity index (χ3v) is 6.04. The quantitative estimate of drug-likeness (QED) is 0.405. The molecular weight excluding hydrogens is 436 g/mol. The fraction of sp³-hybridized carbons (Fsp3) is 0.478. The predicted molar refractivity (Wildman–Crippen MR) is 114 cm³/mol. The van der Waals surface area contributed by atoms with E-state index in [9.17, 15) is 25.5 Å². The number of rotatable bonds is 6. The molecule has 180 valence electrons. The molecule has 2 aliphatic rings. The minimum absolute atomic E-state index is 0.0106. The van der Waals surface area contributed by atoms with E-state index >= 15 is 0 Å². The first-order valence-electron chi connectivity index (χ1n) is 10.5. The fourth-order valence-electron chi connectivity index (χ4n) is 4.18. The lowest BCUT2D eigenvalue weighted by atomic mass is 9.89. The van der Waals surface area contributed by atoms with Crippen molar-refractivity contribution in [1.82, 2.24) is 0 Å². The normalized spacial score (nSPS) is 29.0. The third kappa shape index (κ3) is 4.40. The summed E-state index contributed by atoms with van der Waals surface area (Å²) < 4.78 is 27.5. The van der Waals surface area contributed by atoms with Crippen molar-refractivity contribution in [2.24, 2.45) is 0 Å². The highest BCUT2D eigenvalue weighted by molar-refractivity contribution is 5.57. The van der Waals surface area contributed by atoms with E-state index in [0.717, 1.165) is 5.56 Å². The van der Waals surface area contributed by atoms with Gasteiger partial charge in [-0.1, -0.05) is 12.1 Å². The minimum atomic E-state index is -1.52. The second-order valence-electron chi connectivity index (χ2n) is 8.04. The molecule has 2 aliphatic heterocycles. The smallest absolute Gasteiger partial charge is 0.229 e. The number of aliphatic hydroxyl groups excluding tert-OH is 4. The molecule has 10 heteroatoms. The monoisotopic (exact) mass is 464 g/mol. The number of fused-ring (bicyclic) bond motifs is 1. The number of benzene rings is 2. The molecule has 0 radical (unpaired) electrons. The van der Waals surface area contributed by atoms with E-state index in [4.69, 9.17) is 23.7 Å². The van der Waals surface area contributed by atoms with Crippen LogP contribution in [0.4, 0.5) is 0 Å². The highest BCUT2D eigenvalue weighted by atomic mass is 16.7. The van der Waals surface area contributed by atoms with Crippen LogP contribution < -0.4 is 18.9 Å². The maximum Gasteiger partial charge on any atom is 0.229 e. The number of hydrogen-bond donors (Lipinski definition) is 5. The van der Waals surface area contributed by atoms with Gasteiger partial charge in [0, 0.05) is 17.5 Å². The molecule has 1 fully saturated rings. The summed E-state index contributed by atoms with van der Waals surface area (Å²) in [7, 11) is 2.96. The van der Waals surface area contributed by atoms with Crippen molar-refractivity contribution >= 4 is 0 Å². The van der Waals surface area contributed by atoms with E-state index in [1.165, 1.54) is 14.2 Å². The number of aromatic hydroxyl groups is 1. The maximum atomic E-state index is 10.7. The molecule has 6 atom stereocenters. The number of aliphatic hydroxyl groups is 4. The molecule has 0 aromatic heterocycles. The average molecular weight is 464 g/mol. The lowest BCUT2D eigenvalue weighted by Crippen LogP contribution is -2.60. The molecule has 0 bridgehead atoms. The zero-order chi connectivity index (χ0) is 23.7. The Bertz CT molecular complexity index is 978. The summed E-state index contributed by atoms with van der Waals surface area (Å²) in [5.41, 5.74) is 1.57.